The zero-order valence-electron chi connectivity index (χ0n) is 12.9. The van der Waals surface area contributed by atoms with Gasteiger partial charge < -0.3 is 10.4 Å². The van der Waals surface area contributed by atoms with Gasteiger partial charge in [-0.05, 0) is 36.8 Å². The molecule has 0 spiro atoms. The fraction of sp³-hybridized carbons (Fsp3) is 0.529. The Labute approximate surface area is 135 Å². The molecule has 22 heavy (non-hydrogen) atoms. The summed E-state index contributed by atoms with van der Waals surface area (Å²) in [6.07, 6.45) is 1.64. The number of benzene rings is 1. The van der Waals surface area contributed by atoms with Gasteiger partial charge in [-0.15, -0.1) is 0 Å². The fourth-order valence-corrected chi connectivity index (χ4v) is 3.30. The van der Waals surface area contributed by atoms with Crippen LogP contribution in [-0.2, 0) is 9.59 Å². The summed E-state index contributed by atoms with van der Waals surface area (Å²) in [5, 5.41) is 12.7. The van der Waals surface area contributed by atoms with Gasteiger partial charge in [0.25, 0.3) is 0 Å². The monoisotopic (exact) mass is 323 g/mol. The van der Waals surface area contributed by atoms with Crippen LogP contribution in [0.15, 0.2) is 24.3 Å². The lowest BCUT2D eigenvalue weighted by atomic mass is 9.94. The summed E-state index contributed by atoms with van der Waals surface area (Å²) < 4.78 is 0. The number of halogens is 1. The van der Waals surface area contributed by atoms with E-state index in [9.17, 15) is 9.59 Å². The number of aliphatic carboxylic acids is 1. The van der Waals surface area contributed by atoms with Gasteiger partial charge in [0.15, 0.2) is 0 Å². The average Bonchev–Trinajstić information content (AvgIpc) is 2.95. The van der Waals surface area contributed by atoms with Crippen molar-refractivity contribution in [3.63, 3.8) is 0 Å². The lowest BCUT2D eigenvalue weighted by molar-refractivity contribution is -0.141. The van der Waals surface area contributed by atoms with Gasteiger partial charge in [0.2, 0.25) is 5.91 Å². The molecule has 0 saturated heterocycles. The van der Waals surface area contributed by atoms with Crippen molar-refractivity contribution in [2.24, 2.45) is 17.8 Å². The van der Waals surface area contributed by atoms with E-state index in [-0.39, 0.29) is 23.8 Å². The number of amides is 1. The molecule has 2 N–H and O–H groups in total. The number of rotatable bonds is 5. The molecule has 1 amide bonds. The average molecular weight is 324 g/mol. The highest BCUT2D eigenvalue weighted by atomic mass is 35.5. The van der Waals surface area contributed by atoms with Gasteiger partial charge in [-0.2, -0.15) is 0 Å². The Bertz CT molecular complexity index is 559. The molecule has 1 saturated carbocycles. The van der Waals surface area contributed by atoms with Crippen molar-refractivity contribution >= 4 is 23.5 Å². The smallest absolute Gasteiger partial charge is 0.306 e. The van der Waals surface area contributed by atoms with Crippen LogP contribution in [0, 0.1) is 17.8 Å². The molecule has 2 rings (SSSR count). The molecule has 1 fully saturated rings. The van der Waals surface area contributed by atoms with E-state index in [4.69, 9.17) is 16.7 Å². The minimum Gasteiger partial charge on any atom is -0.481 e. The molecule has 0 bridgehead atoms. The molecule has 1 aliphatic carbocycles. The lowest BCUT2D eigenvalue weighted by Crippen LogP contribution is -2.35. The van der Waals surface area contributed by atoms with Crippen LogP contribution in [0.2, 0.25) is 5.02 Å². The van der Waals surface area contributed by atoms with Crippen LogP contribution in [0.5, 0.6) is 0 Å². The Kier molecular flexibility index (Phi) is 5.46. The van der Waals surface area contributed by atoms with Crippen LogP contribution in [0.1, 0.15) is 44.7 Å². The Hall–Kier alpha value is -1.55. The first-order valence-corrected chi connectivity index (χ1v) is 8.05. The maximum absolute atomic E-state index is 12.5. The maximum atomic E-state index is 12.5. The molecular formula is C17H22ClNO3. The second kappa shape index (κ2) is 7.14. The molecule has 0 radical (unpaired) electrons. The molecule has 0 aliphatic heterocycles. The van der Waals surface area contributed by atoms with Crippen molar-refractivity contribution < 1.29 is 14.7 Å². The number of hydrogen-bond donors (Lipinski definition) is 2. The quantitative estimate of drug-likeness (QED) is 0.869. The highest BCUT2D eigenvalue weighted by molar-refractivity contribution is 6.31. The van der Waals surface area contributed by atoms with E-state index in [1.165, 1.54) is 0 Å². The molecule has 3 atom stereocenters. The van der Waals surface area contributed by atoms with E-state index in [0.29, 0.717) is 24.3 Å². The van der Waals surface area contributed by atoms with Crippen LogP contribution in [-0.4, -0.2) is 17.0 Å². The van der Waals surface area contributed by atoms with Gasteiger partial charge in [-0.25, -0.2) is 0 Å². The van der Waals surface area contributed by atoms with Gasteiger partial charge in [-0.1, -0.05) is 43.6 Å². The minimum absolute atomic E-state index is 0.0673. The second-order valence-electron chi connectivity index (χ2n) is 6.30. The molecule has 4 nitrogen and oxygen atoms in total. The van der Waals surface area contributed by atoms with E-state index in [1.54, 1.807) is 0 Å². The van der Waals surface area contributed by atoms with Crippen molar-refractivity contribution in [2.45, 2.75) is 39.2 Å². The molecule has 1 aliphatic rings. The number of carboxylic acid groups (broad SMARTS) is 1. The third kappa shape index (κ3) is 3.80. The SMILES string of the molecule is CC(C)C(NC(=O)[C@@H]1CC[C@H](C(=O)O)C1)c1ccccc1Cl. The molecule has 5 heteroatoms. The number of carboxylic acids is 1. The van der Waals surface area contributed by atoms with E-state index in [2.05, 4.69) is 5.32 Å². The fourth-order valence-electron chi connectivity index (χ4n) is 3.05. The highest BCUT2D eigenvalue weighted by Gasteiger charge is 2.35. The summed E-state index contributed by atoms with van der Waals surface area (Å²) in [4.78, 5) is 23.5. The largest absolute Gasteiger partial charge is 0.481 e. The van der Waals surface area contributed by atoms with Crippen molar-refractivity contribution in [3.8, 4) is 0 Å². The molecule has 120 valence electrons. The molecule has 0 aromatic heterocycles. The van der Waals surface area contributed by atoms with Gasteiger partial charge in [0.05, 0.1) is 12.0 Å². The van der Waals surface area contributed by atoms with Crippen molar-refractivity contribution in [1.82, 2.24) is 5.32 Å². The zero-order chi connectivity index (χ0) is 16.3. The summed E-state index contributed by atoms with van der Waals surface area (Å²) in [7, 11) is 0. The molecule has 1 aromatic carbocycles. The second-order valence-corrected chi connectivity index (χ2v) is 6.70. The number of carbonyl (C=O) groups is 2. The third-order valence-electron chi connectivity index (χ3n) is 4.36. The normalized spacial score (nSPS) is 22.5. The van der Waals surface area contributed by atoms with Crippen LogP contribution in [0.25, 0.3) is 0 Å². The number of carbonyl (C=O) groups excluding carboxylic acids is 1. The minimum atomic E-state index is -0.804. The first-order valence-electron chi connectivity index (χ1n) is 7.67. The van der Waals surface area contributed by atoms with E-state index < -0.39 is 11.9 Å². The van der Waals surface area contributed by atoms with Crippen molar-refractivity contribution in [1.29, 1.82) is 0 Å². The number of hydrogen-bond acceptors (Lipinski definition) is 2. The Balaban J connectivity index is 2.08. The van der Waals surface area contributed by atoms with E-state index >= 15 is 0 Å². The van der Waals surface area contributed by atoms with Gasteiger partial charge in [-0.3, -0.25) is 9.59 Å². The molecular weight excluding hydrogens is 302 g/mol. The summed E-state index contributed by atoms with van der Waals surface area (Å²) in [5.74, 6) is -1.29. The molecule has 1 unspecified atom stereocenters. The van der Waals surface area contributed by atoms with E-state index in [1.807, 2.05) is 38.1 Å². The number of nitrogens with one attached hydrogen (secondary N) is 1. The maximum Gasteiger partial charge on any atom is 0.306 e. The zero-order valence-corrected chi connectivity index (χ0v) is 13.6. The topological polar surface area (TPSA) is 66.4 Å². The summed E-state index contributed by atoms with van der Waals surface area (Å²) in [5.41, 5.74) is 0.903. The van der Waals surface area contributed by atoms with E-state index in [0.717, 1.165) is 5.56 Å². The van der Waals surface area contributed by atoms with Crippen LogP contribution in [0.4, 0.5) is 0 Å². The Morgan fingerprint density at radius 2 is 1.86 bits per heavy atom. The summed E-state index contributed by atoms with van der Waals surface area (Å²) >= 11 is 6.24. The standard InChI is InChI=1S/C17H22ClNO3/c1-10(2)15(13-5-3-4-6-14(13)18)19-16(20)11-7-8-12(9-11)17(21)22/h3-6,10-12,15H,7-9H2,1-2H3,(H,19,20)(H,21,22)/t11-,12+,15?/m1/s1. The van der Waals surface area contributed by atoms with Crippen LogP contribution in [0.3, 0.4) is 0 Å². The molecule has 0 heterocycles. The van der Waals surface area contributed by atoms with Crippen LogP contribution < -0.4 is 5.32 Å². The van der Waals surface area contributed by atoms with Gasteiger partial charge in [0.1, 0.15) is 0 Å². The van der Waals surface area contributed by atoms with Crippen molar-refractivity contribution in [2.75, 3.05) is 0 Å². The summed E-state index contributed by atoms with van der Waals surface area (Å²) in [6, 6.07) is 7.33. The Morgan fingerprint density at radius 3 is 2.41 bits per heavy atom. The van der Waals surface area contributed by atoms with Gasteiger partial charge in [0, 0.05) is 10.9 Å². The highest BCUT2D eigenvalue weighted by Crippen LogP contribution is 2.33. The predicted molar refractivity (Wildman–Crippen MR) is 85.6 cm³/mol. The predicted octanol–water partition coefficient (Wildman–Crippen LogP) is 3.65. The van der Waals surface area contributed by atoms with Crippen molar-refractivity contribution in [3.05, 3.63) is 34.9 Å². The lowest BCUT2D eigenvalue weighted by Gasteiger charge is -2.25. The first kappa shape index (κ1) is 16.8. The Morgan fingerprint density at radius 1 is 1.23 bits per heavy atom. The van der Waals surface area contributed by atoms with Crippen LogP contribution >= 0.6 is 11.6 Å². The van der Waals surface area contributed by atoms with Gasteiger partial charge >= 0.3 is 5.97 Å². The first-order chi connectivity index (χ1) is 10.4. The molecule has 1 aromatic rings. The third-order valence-corrected chi connectivity index (χ3v) is 4.70. The summed E-state index contributed by atoms with van der Waals surface area (Å²) in [6.45, 7) is 4.06.